The molecule has 1 aliphatic rings. The maximum absolute atomic E-state index is 6.48. The first-order valence-corrected chi connectivity index (χ1v) is 9.77. The van der Waals surface area contributed by atoms with Gasteiger partial charge >= 0.3 is 0 Å². The predicted octanol–water partition coefficient (Wildman–Crippen LogP) is 6.99. The summed E-state index contributed by atoms with van der Waals surface area (Å²) in [6.45, 7) is 15.4. The Morgan fingerprint density at radius 2 is 1.67 bits per heavy atom. The molecule has 3 nitrogen and oxygen atoms in total. The zero-order chi connectivity index (χ0) is 19.5. The molecule has 1 atom stereocenters. The highest BCUT2D eigenvalue weighted by molar-refractivity contribution is 6.06. The molecule has 2 heterocycles. The Hall–Kier alpha value is -2.42. The summed E-state index contributed by atoms with van der Waals surface area (Å²) in [5.74, 6) is 1.45. The standard InChI is InChI=1S/C24H29NO2/c1-14(2)22-16(4)25(23(27-22)24(5,6)7)19-13-18-17-10-8-9-11-20(17)26-21(18)12-15(19)3/h8-14,23H,1-7H3. The quantitative estimate of drug-likeness (QED) is 0.490. The maximum Gasteiger partial charge on any atom is 0.180 e. The number of fused-ring (bicyclic) bond motifs is 3. The number of hydrogen-bond donors (Lipinski definition) is 0. The summed E-state index contributed by atoms with van der Waals surface area (Å²) >= 11 is 0. The number of furan rings is 1. The third-order valence-corrected chi connectivity index (χ3v) is 5.41. The normalized spacial score (nSPS) is 18.2. The van der Waals surface area contributed by atoms with Gasteiger partial charge in [0.15, 0.2) is 6.23 Å². The molecule has 0 radical (unpaired) electrons. The molecular formula is C24H29NO2. The van der Waals surface area contributed by atoms with Crippen molar-refractivity contribution in [1.82, 2.24) is 0 Å². The van der Waals surface area contributed by atoms with Crippen LogP contribution in [0.2, 0.25) is 0 Å². The summed E-state index contributed by atoms with van der Waals surface area (Å²) in [5, 5.41) is 2.32. The van der Waals surface area contributed by atoms with Gasteiger partial charge in [0.25, 0.3) is 0 Å². The van der Waals surface area contributed by atoms with Gasteiger partial charge in [0.2, 0.25) is 0 Å². The molecule has 4 rings (SSSR count). The van der Waals surface area contributed by atoms with E-state index in [1.54, 1.807) is 0 Å². The van der Waals surface area contributed by atoms with Gasteiger partial charge in [0, 0.05) is 27.8 Å². The van der Waals surface area contributed by atoms with E-state index in [1.165, 1.54) is 16.9 Å². The van der Waals surface area contributed by atoms with Gasteiger partial charge in [-0.2, -0.15) is 0 Å². The lowest BCUT2D eigenvalue weighted by molar-refractivity contribution is 0.0401. The van der Waals surface area contributed by atoms with Crippen LogP contribution in [0.5, 0.6) is 0 Å². The highest BCUT2D eigenvalue weighted by Crippen LogP contribution is 2.44. The van der Waals surface area contributed by atoms with Crippen molar-refractivity contribution in [2.45, 2.75) is 54.7 Å². The van der Waals surface area contributed by atoms with E-state index in [4.69, 9.17) is 9.15 Å². The zero-order valence-electron chi connectivity index (χ0n) is 17.4. The Morgan fingerprint density at radius 1 is 0.963 bits per heavy atom. The van der Waals surface area contributed by atoms with Crippen molar-refractivity contribution in [3.63, 3.8) is 0 Å². The molecule has 2 aromatic carbocycles. The summed E-state index contributed by atoms with van der Waals surface area (Å²) in [6, 6.07) is 12.7. The SMILES string of the molecule is CC1=C(C(C)C)OC(C(C)(C)C)N1c1cc2c(cc1C)oc1ccccc12. The summed E-state index contributed by atoms with van der Waals surface area (Å²) in [4.78, 5) is 2.38. The van der Waals surface area contributed by atoms with E-state index in [0.29, 0.717) is 5.92 Å². The largest absolute Gasteiger partial charge is 0.472 e. The lowest BCUT2D eigenvalue weighted by Gasteiger charge is -2.36. The molecule has 0 N–H and O–H groups in total. The molecule has 1 aromatic heterocycles. The van der Waals surface area contributed by atoms with Crippen molar-refractivity contribution in [2.75, 3.05) is 4.90 Å². The lowest BCUT2D eigenvalue weighted by Crippen LogP contribution is -2.41. The Labute approximate surface area is 161 Å². The van der Waals surface area contributed by atoms with Gasteiger partial charge in [-0.25, -0.2) is 0 Å². The highest BCUT2D eigenvalue weighted by atomic mass is 16.5. The first-order chi connectivity index (χ1) is 12.7. The van der Waals surface area contributed by atoms with Crippen LogP contribution in [0.4, 0.5) is 5.69 Å². The number of nitrogens with zero attached hydrogens (tertiary/aromatic N) is 1. The number of rotatable bonds is 2. The topological polar surface area (TPSA) is 25.6 Å². The van der Waals surface area contributed by atoms with Crippen LogP contribution in [-0.4, -0.2) is 6.23 Å². The Morgan fingerprint density at radius 3 is 2.33 bits per heavy atom. The van der Waals surface area contributed by atoms with Crippen molar-refractivity contribution >= 4 is 27.6 Å². The van der Waals surface area contributed by atoms with Crippen molar-refractivity contribution in [3.05, 3.63) is 53.4 Å². The number of aryl methyl sites for hydroxylation is 1. The fraction of sp³-hybridized carbons (Fsp3) is 0.417. The maximum atomic E-state index is 6.48. The van der Waals surface area contributed by atoms with E-state index in [9.17, 15) is 0 Å². The summed E-state index contributed by atoms with van der Waals surface area (Å²) in [5.41, 5.74) is 5.46. The minimum absolute atomic E-state index is 0.0161. The van der Waals surface area contributed by atoms with Crippen LogP contribution < -0.4 is 4.90 Å². The second-order valence-corrected chi connectivity index (χ2v) is 9.04. The predicted molar refractivity (Wildman–Crippen MR) is 113 cm³/mol. The average Bonchev–Trinajstić information content (AvgIpc) is 3.11. The van der Waals surface area contributed by atoms with Crippen LogP contribution in [0, 0.1) is 18.3 Å². The number of allylic oxidation sites excluding steroid dienone is 2. The molecule has 1 unspecified atom stereocenters. The molecule has 0 spiro atoms. The summed E-state index contributed by atoms with van der Waals surface area (Å²) in [7, 11) is 0. The van der Waals surface area contributed by atoms with Gasteiger partial charge in [-0.05, 0) is 37.6 Å². The Bertz CT molecular complexity index is 1050. The third-order valence-electron chi connectivity index (χ3n) is 5.41. The van der Waals surface area contributed by atoms with Gasteiger partial charge in [-0.1, -0.05) is 52.8 Å². The van der Waals surface area contributed by atoms with Crippen LogP contribution in [-0.2, 0) is 4.74 Å². The number of anilines is 1. The molecule has 0 amide bonds. The van der Waals surface area contributed by atoms with Crippen LogP contribution in [0.1, 0.15) is 47.1 Å². The van der Waals surface area contributed by atoms with Gasteiger partial charge in [0.1, 0.15) is 16.9 Å². The van der Waals surface area contributed by atoms with Crippen LogP contribution >= 0.6 is 0 Å². The van der Waals surface area contributed by atoms with Crippen LogP contribution in [0.15, 0.2) is 52.3 Å². The first-order valence-electron chi connectivity index (χ1n) is 9.77. The average molecular weight is 364 g/mol. The van der Waals surface area contributed by atoms with E-state index >= 15 is 0 Å². The molecule has 27 heavy (non-hydrogen) atoms. The second-order valence-electron chi connectivity index (χ2n) is 9.04. The molecule has 3 heteroatoms. The number of benzene rings is 2. The van der Waals surface area contributed by atoms with Crippen molar-refractivity contribution in [3.8, 4) is 0 Å². The van der Waals surface area contributed by atoms with Gasteiger partial charge < -0.3 is 14.1 Å². The van der Waals surface area contributed by atoms with Crippen molar-refractivity contribution in [2.24, 2.45) is 11.3 Å². The summed E-state index contributed by atoms with van der Waals surface area (Å²) in [6.07, 6.45) is -0.0239. The lowest BCUT2D eigenvalue weighted by atomic mass is 9.92. The fourth-order valence-corrected chi connectivity index (χ4v) is 4.10. The van der Waals surface area contributed by atoms with Gasteiger partial charge in [0.05, 0.1) is 5.70 Å². The molecule has 1 aliphatic heterocycles. The smallest absolute Gasteiger partial charge is 0.180 e. The molecule has 142 valence electrons. The monoisotopic (exact) mass is 363 g/mol. The molecule has 0 aliphatic carbocycles. The minimum atomic E-state index is -0.0239. The van der Waals surface area contributed by atoms with E-state index < -0.39 is 0 Å². The van der Waals surface area contributed by atoms with E-state index in [2.05, 4.69) is 77.6 Å². The minimum Gasteiger partial charge on any atom is -0.472 e. The Kier molecular flexibility index (Phi) is 4.03. The zero-order valence-corrected chi connectivity index (χ0v) is 17.4. The molecular weight excluding hydrogens is 334 g/mol. The van der Waals surface area contributed by atoms with E-state index in [-0.39, 0.29) is 11.6 Å². The van der Waals surface area contributed by atoms with Crippen LogP contribution in [0.25, 0.3) is 21.9 Å². The van der Waals surface area contributed by atoms with E-state index in [1.807, 2.05) is 12.1 Å². The fourth-order valence-electron chi connectivity index (χ4n) is 4.10. The third kappa shape index (κ3) is 2.80. The molecule has 0 saturated heterocycles. The van der Waals surface area contributed by atoms with E-state index in [0.717, 1.165) is 27.7 Å². The van der Waals surface area contributed by atoms with Gasteiger partial charge in [-0.15, -0.1) is 0 Å². The second kappa shape index (κ2) is 6.05. The van der Waals surface area contributed by atoms with Crippen LogP contribution in [0.3, 0.4) is 0 Å². The molecule has 3 aromatic rings. The van der Waals surface area contributed by atoms with Crippen molar-refractivity contribution in [1.29, 1.82) is 0 Å². The van der Waals surface area contributed by atoms with Crippen molar-refractivity contribution < 1.29 is 9.15 Å². The first kappa shape index (κ1) is 18.0. The Balaban J connectivity index is 1.95. The number of ether oxygens (including phenoxy) is 1. The molecule has 0 fully saturated rings. The summed E-state index contributed by atoms with van der Waals surface area (Å²) < 4.78 is 12.6. The molecule has 0 bridgehead atoms. The molecule has 0 saturated carbocycles. The number of hydrogen-bond acceptors (Lipinski definition) is 3. The highest BCUT2D eigenvalue weighted by Gasteiger charge is 2.41. The number of para-hydroxylation sites is 1. The van der Waals surface area contributed by atoms with Gasteiger partial charge in [-0.3, -0.25) is 0 Å².